The Morgan fingerprint density at radius 3 is 3.09 bits per heavy atom. The highest BCUT2D eigenvalue weighted by Crippen LogP contribution is 2.47. The minimum absolute atomic E-state index is 0.0279. The molecule has 3 aliphatic heterocycles. The maximum Gasteiger partial charge on any atom is 0.335 e. The molecule has 0 radical (unpaired) electrons. The third-order valence-corrected chi connectivity index (χ3v) is 5.78. The second kappa shape index (κ2) is 4.81. The second-order valence-electron chi connectivity index (χ2n) is 5.70. The lowest BCUT2D eigenvalue weighted by molar-refractivity contribution is -0.146. The van der Waals surface area contributed by atoms with Crippen molar-refractivity contribution in [2.45, 2.75) is 30.7 Å². The van der Waals surface area contributed by atoms with E-state index in [1.165, 1.54) is 0 Å². The highest BCUT2D eigenvalue weighted by Gasteiger charge is 2.53. The van der Waals surface area contributed by atoms with Gasteiger partial charge in [-0.15, -0.1) is 11.8 Å². The zero-order valence-corrected chi connectivity index (χ0v) is 12.9. The summed E-state index contributed by atoms with van der Waals surface area (Å²) in [6.45, 7) is 2.18. The SMILES string of the molecule is C[C@]12CCC(=O)N1[C@H](C(=O)Oc1ccc3c(c1)OCO3)CS2. The summed E-state index contributed by atoms with van der Waals surface area (Å²) in [5.74, 6) is 1.81. The highest BCUT2D eigenvalue weighted by molar-refractivity contribution is 8.01. The van der Waals surface area contributed by atoms with E-state index in [0.29, 0.717) is 29.4 Å². The van der Waals surface area contributed by atoms with Crippen LogP contribution in [0.1, 0.15) is 19.8 Å². The molecule has 3 heterocycles. The predicted molar refractivity (Wildman–Crippen MR) is 78.9 cm³/mol. The Hall–Kier alpha value is -1.89. The van der Waals surface area contributed by atoms with E-state index in [1.54, 1.807) is 34.9 Å². The minimum Gasteiger partial charge on any atom is -0.454 e. The van der Waals surface area contributed by atoms with E-state index >= 15 is 0 Å². The number of fused-ring (bicyclic) bond motifs is 2. The van der Waals surface area contributed by atoms with Gasteiger partial charge in [0.2, 0.25) is 12.7 Å². The van der Waals surface area contributed by atoms with Crippen LogP contribution in [0.3, 0.4) is 0 Å². The lowest BCUT2D eigenvalue weighted by Gasteiger charge is -2.29. The number of rotatable bonds is 2. The third kappa shape index (κ3) is 2.03. The quantitative estimate of drug-likeness (QED) is 0.611. The van der Waals surface area contributed by atoms with Gasteiger partial charge in [0.05, 0.1) is 4.87 Å². The van der Waals surface area contributed by atoms with Gasteiger partial charge in [-0.3, -0.25) is 4.79 Å². The first-order valence-electron chi connectivity index (χ1n) is 7.14. The summed E-state index contributed by atoms with van der Waals surface area (Å²) < 4.78 is 15.9. The molecule has 1 aromatic carbocycles. The smallest absolute Gasteiger partial charge is 0.335 e. The molecule has 7 heteroatoms. The van der Waals surface area contributed by atoms with Crippen molar-refractivity contribution in [3.8, 4) is 17.2 Å². The van der Waals surface area contributed by atoms with Crippen molar-refractivity contribution < 1.29 is 23.8 Å². The van der Waals surface area contributed by atoms with Crippen molar-refractivity contribution in [3.63, 3.8) is 0 Å². The summed E-state index contributed by atoms with van der Waals surface area (Å²) in [7, 11) is 0. The first-order chi connectivity index (χ1) is 10.6. The van der Waals surface area contributed by atoms with Crippen molar-refractivity contribution in [2.24, 2.45) is 0 Å². The lowest BCUT2D eigenvalue weighted by Crippen LogP contribution is -2.47. The highest BCUT2D eigenvalue weighted by atomic mass is 32.2. The average molecular weight is 321 g/mol. The van der Waals surface area contributed by atoms with Crippen LogP contribution >= 0.6 is 11.8 Å². The molecule has 22 heavy (non-hydrogen) atoms. The van der Waals surface area contributed by atoms with E-state index in [9.17, 15) is 9.59 Å². The molecule has 1 aromatic rings. The molecular formula is C15H15NO5S. The van der Waals surface area contributed by atoms with E-state index in [1.807, 2.05) is 6.92 Å². The number of esters is 1. The fourth-order valence-corrected chi connectivity index (χ4v) is 4.54. The number of carbonyl (C=O) groups is 2. The molecule has 2 fully saturated rings. The first-order valence-corrected chi connectivity index (χ1v) is 8.13. The molecule has 0 N–H and O–H groups in total. The van der Waals surface area contributed by atoms with Crippen molar-refractivity contribution in [3.05, 3.63) is 18.2 Å². The maximum atomic E-state index is 12.4. The molecule has 0 spiro atoms. The van der Waals surface area contributed by atoms with Gasteiger partial charge in [0.25, 0.3) is 0 Å². The molecule has 116 valence electrons. The van der Waals surface area contributed by atoms with Crippen molar-refractivity contribution >= 4 is 23.6 Å². The van der Waals surface area contributed by atoms with Crippen LogP contribution in [0.5, 0.6) is 17.2 Å². The summed E-state index contributed by atoms with van der Waals surface area (Å²) in [5, 5.41) is 0. The summed E-state index contributed by atoms with van der Waals surface area (Å²) in [6, 6.07) is 4.49. The van der Waals surface area contributed by atoms with Crippen molar-refractivity contribution in [2.75, 3.05) is 12.5 Å². The normalized spacial score (nSPS) is 28.9. The van der Waals surface area contributed by atoms with Gasteiger partial charge in [-0.1, -0.05) is 0 Å². The molecule has 0 unspecified atom stereocenters. The van der Waals surface area contributed by atoms with Crippen LogP contribution in [0.25, 0.3) is 0 Å². The minimum atomic E-state index is -0.518. The number of amides is 1. The first kappa shape index (κ1) is 13.8. The Balaban J connectivity index is 1.52. The molecule has 1 amide bonds. The Labute approximate surface area is 131 Å². The van der Waals surface area contributed by atoms with E-state index in [0.717, 1.165) is 6.42 Å². The summed E-state index contributed by atoms with van der Waals surface area (Å²) in [5.41, 5.74) is 0. The topological polar surface area (TPSA) is 65.1 Å². The monoisotopic (exact) mass is 321 g/mol. The number of ether oxygens (including phenoxy) is 3. The summed E-state index contributed by atoms with van der Waals surface area (Å²) in [6.07, 6.45) is 1.28. The van der Waals surface area contributed by atoms with Crippen LogP contribution in [0, 0.1) is 0 Å². The molecular weight excluding hydrogens is 306 g/mol. The number of hydrogen-bond donors (Lipinski definition) is 0. The van der Waals surface area contributed by atoms with E-state index in [2.05, 4.69) is 0 Å². The molecule has 2 saturated heterocycles. The largest absolute Gasteiger partial charge is 0.454 e. The van der Waals surface area contributed by atoms with Gasteiger partial charge in [0, 0.05) is 18.2 Å². The zero-order chi connectivity index (χ0) is 15.3. The molecule has 0 bridgehead atoms. The fourth-order valence-electron chi connectivity index (χ4n) is 3.12. The number of benzene rings is 1. The van der Waals surface area contributed by atoms with Crippen LogP contribution in [0.15, 0.2) is 18.2 Å². The summed E-state index contributed by atoms with van der Waals surface area (Å²) >= 11 is 1.65. The Morgan fingerprint density at radius 1 is 1.41 bits per heavy atom. The van der Waals surface area contributed by atoms with Crippen molar-refractivity contribution in [1.82, 2.24) is 4.90 Å². The van der Waals surface area contributed by atoms with Gasteiger partial charge in [0.1, 0.15) is 11.8 Å². The predicted octanol–water partition coefficient (Wildman–Crippen LogP) is 1.77. The second-order valence-corrected chi connectivity index (χ2v) is 7.20. The fraction of sp³-hybridized carbons (Fsp3) is 0.467. The van der Waals surface area contributed by atoms with Crippen LogP contribution in [-0.2, 0) is 9.59 Å². The molecule has 6 nitrogen and oxygen atoms in total. The Morgan fingerprint density at radius 2 is 2.23 bits per heavy atom. The molecule has 0 saturated carbocycles. The van der Waals surface area contributed by atoms with Gasteiger partial charge >= 0.3 is 5.97 Å². The van der Waals surface area contributed by atoms with Gasteiger partial charge in [0.15, 0.2) is 11.5 Å². The molecule has 2 atom stereocenters. The van der Waals surface area contributed by atoms with Crippen LogP contribution in [-0.4, -0.2) is 40.2 Å². The third-order valence-electron chi connectivity index (χ3n) is 4.28. The number of carbonyl (C=O) groups excluding carboxylic acids is 2. The lowest BCUT2D eigenvalue weighted by atomic mass is 10.2. The van der Waals surface area contributed by atoms with Crippen LogP contribution in [0.2, 0.25) is 0 Å². The Kier molecular flexibility index (Phi) is 3.00. The van der Waals surface area contributed by atoms with Gasteiger partial charge in [-0.25, -0.2) is 4.79 Å². The molecule has 0 aromatic heterocycles. The standard InChI is InChI=1S/C15H15NO5S/c1-15-5-4-13(17)16(15)10(7-22-15)14(18)21-9-2-3-11-12(6-9)20-8-19-11/h2-3,6,10H,4-5,7-8H2,1H3/t10-,15-/m0/s1. The van der Waals surface area contributed by atoms with Crippen LogP contribution in [0.4, 0.5) is 0 Å². The molecule has 0 aliphatic carbocycles. The van der Waals surface area contributed by atoms with Crippen molar-refractivity contribution in [1.29, 1.82) is 0 Å². The molecule has 4 rings (SSSR count). The van der Waals surface area contributed by atoms with E-state index in [-0.39, 0.29) is 17.6 Å². The summed E-state index contributed by atoms with van der Waals surface area (Å²) in [4.78, 5) is 25.9. The van der Waals surface area contributed by atoms with Gasteiger partial charge < -0.3 is 19.1 Å². The Bertz CT molecular complexity index is 663. The van der Waals surface area contributed by atoms with Gasteiger partial charge in [-0.05, 0) is 25.5 Å². The number of thioether (sulfide) groups is 1. The molecule has 3 aliphatic rings. The maximum absolute atomic E-state index is 12.4. The number of hydrogen-bond acceptors (Lipinski definition) is 6. The van der Waals surface area contributed by atoms with Crippen LogP contribution < -0.4 is 14.2 Å². The number of nitrogens with zero attached hydrogens (tertiary/aromatic N) is 1. The average Bonchev–Trinajstić information content (AvgIpc) is 3.15. The van der Waals surface area contributed by atoms with E-state index < -0.39 is 12.0 Å². The van der Waals surface area contributed by atoms with Gasteiger partial charge in [-0.2, -0.15) is 0 Å². The zero-order valence-electron chi connectivity index (χ0n) is 12.0. The van der Waals surface area contributed by atoms with E-state index in [4.69, 9.17) is 14.2 Å².